The van der Waals surface area contributed by atoms with Crippen LogP contribution >= 0.6 is 11.6 Å². The maximum absolute atomic E-state index is 12.4. The fourth-order valence-electron chi connectivity index (χ4n) is 2.07. The lowest BCUT2D eigenvalue weighted by atomic mass is 10.1. The van der Waals surface area contributed by atoms with Gasteiger partial charge < -0.3 is 14.4 Å². The summed E-state index contributed by atoms with van der Waals surface area (Å²) in [7, 11) is 1.60. The van der Waals surface area contributed by atoms with Crippen molar-refractivity contribution in [2.45, 2.75) is 19.4 Å². The first-order valence-corrected chi connectivity index (χ1v) is 6.83. The van der Waals surface area contributed by atoms with E-state index in [0.717, 1.165) is 0 Å². The van der Waals surface area contributed by atoms with Crippen molar-refractivity contribution in [2.24, 2.45) is 0 Å². The first kappa shape index (κ1) is 15.5. The quantitative estimate of drug-likeness (QED) is 0.943. The van der Waals surface area contributed by atoms with E-state index in [9.17, 15) is 9.90 Å². The fourth-order valence-corrected chi connectivity index (χ4v) is 2.29. The highest BCUT2D eigenvalue weighted by atomic mass is 35.5. The summed E-state index contributed by atoms with van der Waals surface area (Å²) in [5, 5.41) is 10.3. The van der Waals surface area contributed by atoms with Crippen molar-refractivity contribution < 1.29 is 14.3 Å². The van der Waals surface area contributed by atoms with E-state index in [2.05, 4.69) is 4.98 Å². The highest BCUT2D eigenvalue weighted by molar-refractivity contribution is 6.33. The van der Waals surface area contributed by atoms with Crippen molar-refractivity contribution in [1.82, 2.24) is 9.88 Å². The Bertz CT molecular complexity index is 646. The van der Waals surface area contributed by atoms with Gasteiger partial charge in [-0.25, -0.2) is 4.98 Å². The summed E-state index contributed by atoms with van der Waals surface area (Å²) < 4.78 is 5.33. The third-order valence-electron chi connectivity index (χ3n) is 2.86. The lowest BCUT2D eigenvalue weighted by Crippen LogP contribution is -2.40. The zero-order valence-electron chi connectivity index (χ0n) is 12.1. The predicted octanol–water partition coefficient (Wildman–Crippen LogP) is 2.84. The Morgan fingerprint density at radius 2 is 2.10 bits per heavy atom. The number of aliphatic hydroxyl groups is 1. The highest BCUT2D eigenvalue weighted by Crippen LogP contribution is 2.30. The number of nitrogens with zero attached hydrogens (tertiary/aromatic N) is 2. The molecule has 6 heteroatoms. The van der Waals surface area contributed by atoms with E-state index in [-0.39, 0.29) is 18.1 Å². The van der Waals surface area contributed by atoms with Crippen LogP contribution in [0.15, 0.2) is 35.1 Å². The minimum atomic E-state index is -0.987. The van der Waals surface area contributed by atoms with Gasteiger partial charge in [-0.05, 0) is 26.0 Å². The summed E-state index contributed by atoms with van der Waals surface area (Å²) in [6.45, 7) is 3.45. The van der Waals surface area contributed by atoms with Gasteiger partial charge in [-0.2, -0.15) is 0 Å². The monoisotopic (exact) mass is 308 g/mol. The summed E-state index contributed by atoms with van der Waals surface area (Å²) in [5.74, 6) is -0.00556. The van der Waals surface area contributed by atoms with E-state index in [1.807, 2.05) is 0 Å². The van der Waals surface area contributed by atoms with Crippen LogP contribution in [-0.4, -0.2) is 40.1 Å². The van der Waals surface area contributed by atoms with Gasteiger partial charge in [-0.1, -0.05) is 23.7 Å². The molecule has 0 fully saturated rings. The second-order valence-electron chi connectivity index (χ2n) is 5.48. The Hall–Kier alpha value is -1.85. The number of benzene rings is 1. The summed E-state index contributed by atoms with van der Waals surface area (Å²) in [6.07, 6.45) is 1.21. The van der Waals surface area contributed by atoms with Gasteiger partial charge in [0.1, 0.15) is 0 Å². The van der Waals surface area contributed by atoms with Gasteiger partial charge in [-0.3, -0.25) is 4.79 Å². The summed E-state index contributed by atoms with van der Waals surface area (Å²) in [6, 6.07) is 7.08. The van der Waals surface area contributed by atoms with Gasteiger partial charge in [-0.15, -0.1) is 0 Å². The van der Waals surface area contributed by atoms with E-state index in [1.165, 1.54) is 11.3 Å². The molecule has 5 nitrogen and oxygen atoms in total. The molecule has 21 heavy (non-hydrogen) atoms. The average molecular weight is 309 g/mol. The number of likely N-dealkylation sites (N-methyl/N-ethyl adjacent to an activating group) is 1. The maximum Gasteiger partial charge on any atom is 0.276 e. The molecule has 0 aliphatic heterocycles. The van der Waals surface area contributed by atoms with Crippen LogP contribution < -0.4 is 0 Å². The SMILES string of the molecule is CN(CC(C)(C)O)C(=O)c1ncoc1-c1ccccc1Cl. The van der Waals surface area contributed by atoms with Crippen LogP contribution in [-0.2, 0) is 0 Å². The molecule has 1 heterocycles. The number of halogens is 1. The third kappa shape index (κ3) is 3.62. The molecule has 0 atom stereocenters. The number of hydrogen-bond donors (Lipinski definition) is 1. The number of carbonyl (C=O) groups excluding carboxylic acids is 1. The van der Waals surface area contributed by atoms with E-state index < -0.39 is 5.60 Å². The largest absolute Gasteiger partial charge is 0.443 e. The Morgan fingerprint density at radius 3 is 2.71 bits per heavy atom. The number of carbonyl (C=O) groups is 1. The van der Waals surface area contributed by atoms with Crippen molar-refractivity contribution in [3.05, 3.63) is 41.4 Å². The molecule has 0 unspecified atom stereocenters. The zero-order valence-corrected chi connectivity index (χ0v) is 12.9. The topological polar surface area (TPSA) is 66.6 Å². The Kier molecular flexibility index (Phi) is 4.34. The molecule has 0 radical (unpaired) electrons. The molecule has 0 bridgehead atoms. The van der Waals surface area contributed by atoms with Crippen LogP contribution in [0.5, 0.6) is 0 Å². The van der Waals surface area contributed by atoms with E-state index in [0.29, 0.717) is 16.3 Å². The lowest BCUT2D eigenvalue weighted by molar-refractivity contribution is 0.0365. The van der Waals surface area contributed by atoms with Gasteiger partial charge in [0.25, 0.3) is 5.91 Å². The zero-order chi connectivity index (χ0) is 15.6. The smallest absolute Gasteiger partial charge is 0.276 e. The maximum atomic E-state index is 12.4. The fraction of sp³-hybridized carbons (Fsp3) is 0.333. The number of amides is 1. The summed E-state index contributed by atoms with van der Waals surface area (Å²) in [5.41, 5.74) is -0.204. The molecule has 112 valence electrons. The predicted molar refractivity (Wildman–Crippen MR) is 80.2 cm³/mol. The molecule has 1 aromatic heterocycles. The van der Waals surface area contributed by atoms with Crippen LogP contribution in [0.25, 0.3) is 11.3 Å². The lowest BCUT2D eigenvalue weighted by Gasteiger charge is -2.25. The van der Waals surface area contributed by atoms with E-state index >= 15 is 0 Å². The van der Waals surface area contributed by atoms with Gasteiger partial charge in [0, 0.05) is 19.2 Å². The number of aromatic nitrogens is 1. The van der Waals surface area contributed by atoms with Crippen LogP contribution in [0.1, 0.15) is 24.3 Å². The molecule has 1 aromatic carbocycles. The molecule has 0 aliphatic rings. The molecule has 1 N–H and O–H groups in total. The molecule has 1 amide bonds. The Morgan fingerprint density at radius 1 is 1.43 bits per heavy atom. The number of rotatable bonds is 4. The van der Waals surface area contributed by atoms with Gasteiger partial charge in [0.15, 0.2) is 17.8 Å². The Balaban J connectivity index is 2.33. The van der Waals surface area contributed by atoms with E-state index in [1.54, 1.807) is 45.2 Å². The normalized spacial score (nSPS) is 11.5. The third-order valence-corrected chi connectivity index (χ3v) is 3.19. The van der Waals surface area contributed by atoms with Gasteiger partial charge >= 0.3 is 0 Å². The molecule has 0 saturated heterocycles. The van der Waals surface area contributed by atoms with Crippen LogP contribution in [0.3, 0.4) is 0 Å². The molecule has 0 spiro atoms. The Labute approximate surface area is 128 Å². The molecule has 2 aromatic rings. The molecular formula is C15H17ClN2O3. The minimum absolute atomic E-state index is 0.176. The molecule has 0 saturated carbocycles. The van der Waals surface area contributed by atoms with E-state index in [4.69, 9.17) is 16.0 Å². The standard InChI is InChI=1S/C15H17ClN2O3/c1-15(2,20)8-18(3)14(19)12-13(21-9-17-12)10-6-4-5-7-11(10)16/h4-7,9,20H,8H2,1-3H3. The second-order valence-corrected chi connectivity index (χ2v) is 5.89. The van der Waals surface area contributed by atoms with Crippen molar-refractivity contribution in [3.8, 4) is 11.3 Å². The minimum Gasteiger partial charge on any atom is -0.443 e. The highest BCUT2D eigenvalue weighted by Gasteiger charge is 2.26. The second kappa shape index (κ2) is 5.87. The van der Waals surface area contributed by atoms with Gasteiger partial charge in [0.2, 0.25) is 0 Å². The number of hydrogen-bond acceptors (Lipinski definition) is 4. The first-order chi connectivity index (χ1) is 9.79. The molecule has 0 aliphatic carbocycles. The van der Waals surface area contributed by atoms with Crippen molar-refractivity contribution in [3.63, 3.8) is 0 Å². The summed E-state index contributed by atoms with van der Waals surface area (Å²) in [4.78, 5) is 17.8. The van der Waals surface area contributed by atoms with Crippen molar-refractivity contribution in [1.29, 1.82) is 0 Å². The van der Waals surface area contributed by atoms with Crippen molar-refractivity contribution in [2.75, 3.05) is 13.6 Å². The van der Waals surface area contributed by atoms with Crippen molar-refractivity contribution >= 4 is 17.5 Å². The average Bonchev–Trinajstić information content (AvgIpc) is 2.85. The van der Waals surface area contributed by atoms with Crippen LogP contribution in [0.4, 0.5) is 0 Å². The summed E-state index contributed by atoms with van der Waals surface area (Å²) >= 11 is 6.13. The first-order valence-electron chi connectivity index (χ1n) is 6.46. The van der Waals surface area contributed by atoms with Crippen LogP contribution in [0.2, 0.25) is 5.02 Å². The number of oxazole rings is 1. The van der Waals surface area contributed by atoms with Crippen LogP contribution in [0, 0.1) is 0 Å². The molecular weight excluding hydrogens is 292 g/mol. The molecule has 2 rings (SSSR count). The van der Waals surface area contributed by atoms with Gasteiger partial charge in [0.05, 0.1) is 10.6 Å².